The van der Waals surface area contributed by atoms with Gasteiger partial charge in [-0.2, -0.15) is 5.10 Å². The molecule has 4 rings (SSSR count). The molecule has 7 nitrogen and oxygen atoms in total. The van der Waals surface area contributed by atoms with Crippen LogP contribution in [0.3, 0.4) is 0 Å². The van der Waals surface area contributed by atoms with E-state index in [0.717, 1.165) is 12.0 Å². The number of amides is 2. The van der Waals surface area contributed by atoms with Gasteiger partial charge in [0.15, 0.2) is 0 Å². The average Bonchev–Trinajstić information content (AvgIpc) is 3.30. The molecule has 1 fully saturated rings. The van der Waals surface area contributed by atoms with Crippen LogP contribution in [0.15, 0.2) is 24.4 Å². The van der Waals surface area contributed by atoms with Gasteiger partial charge >= 0.3 is 0 Å². The Morgan fingerprint density at radius 1 is 1.30 bits per heavy atom. The molecule has 0 aliphatic carbocycles. The molecule has 0 spiro atoms. The molecule has 8 heteroatoms. The molecule has 3 heterocycles. The van der Waals surface area contributed by atoms with Crippen molar-refractivity contribution in [2.45, 2.75) is 45.7 Å². The Balaban J connectivity index is 1.50. The normalized spacial score (nSPS) is 19.2. The molecule has 2 amide bonds. The lowest BCUT2D eigenvalue weighted by Gasteiger charge is -2.31. The number of ether oxygens (including phenoxy) is 1. The van der Waals surface area contributed by atoms with E-state index < -0.39 is 0 Å². The number of hydrogen-bond acceptors (Lipinski definition) is 4. The minimum atomic E-state index is -0.375. The van der Waals surface area contributed by atoms with Crippen LogP contribution >= 0.6 is 11.6 Å². The van der Waals surface area contributed by atoms with Crippen LogP contribution in [0.5, 0.6) is 5.75 Å². The zero-order valence-corrected chi connectivity index (χ0v) is 18.6. The van der Waals surface area contributed by atoms with Crippen LogP contribution in [0.2, 0.25) is 5.02 Å². The van der Waals surface area contributed by atoms with Gasteiger partial charge in [-0.1, -0.05) is 11.6 Å². The third-order valence-corrected chi connectivity index (χ3v) is 6.02. The third kappa shape index (κ3) is 3.67. The Bertz CT molecular complexity index is 995. The zero-order chi connectivity index (χ0) is 21.6. The highest BCUT2D eigenvalue weighted by Crippen LogP contribution is 2.36. The number of nitrogens with zero attached hydrogens (tertiary/aromatic N) is 4. The fourth-order valence-corrected chi connectivity index (χ4v) is 4.50. The van der Waals surface area contributed by atoms with Crippen LogP contribution in [0, 0.1) is 5.92 Å². The van der Waals surface area contributed by atoms with Crippen molar-refractivity contribution in [3.05, 3.63) is 40.7 Å². The Kier molecular flexibility index (Phi) is 5.26. The lowest BCUT2D eigenvalue weighted by Crippen LogP contribution is -2.41. The van der Waals surface area contributed by atoms with Crippen molar-refractivity contribution in [2.75, 3.05) is 25.1 Å². The van der Waals surface area contributed by atoms with Crippen LogP contribution < -0.4 is 9.64 Å². The standard InChI is InChI=1S/C22H27ClN4O3/c1-22(2,3)27-17-7-8-25(12-15(17)11-24-27)21(29)14-9-20(28)26(13-14)18-10-16(23)5-6-19(18)30-4/h5-6,10-11,14H,7-9,12-13H2,1-4H3. The predicted octanol–water partition coefficient (Wildman–Crippen LogP) is 3.24. The van der Waals surface area contributed by atoms with Crippen LogP contribution in [-0.4, -0.2) is 46.7 Å². The van der Waals surface area contributed by atoms with Gasteiger partial charge in [-0.25, -0.2) is 0 Å². The summed E-state index contributed by atoms with van der Waals surface area (Å²) in [5.41, 5.74) is 2.80. The van der Waals surface area contributed by atoms with Crippen LogP contribution in [-0.2, 0) is 28.1 Å². The molecule has 1 atom stereocenters. The third-order valence-electron chi connectivity index (χ3n) is 5.79. The smallest absolute Gasteiger partial charge is 0.228 e. The van der Waals surface area contributed by atoms with E-state index in [-0.39, 0.29) is 29.7 Å². The fourth-order valence-electron chi connectivity index (χ4n) is 4.34. The summed E-state index contributed by atoms with van der Waals surface area (Å²) in [7, 11) is 1.55. The predicted molar refractivity (Wildman–Crippen MR) is 115 cm³/mol. The minimum Gasteiger partial charge on any atom is -0.495 e. The maximum Gasteiger partial charge on any atom is 0.228 e. The first-order valence-electron chi connectivity index (χ1n) is 10.2. The van der Waals surface area contributed by atoms with Crippen molar-refractivity contribution in [3.63, 3.8) is 0 Å². The number of halogens is 1. The zero-order valence-electron chi connectivity index (χ0n) is 17.8. The number of fused-ring (bicyclic) bond motifs is 1. The monoisotopic (exact) mass is 430 g/mol. The van der Waals surface area contributed by atoms with Gasteiger partial charge in [0, 0.05) is 48.8 Å². The number of methoxy groups -OCH3 is 1. The van der Waals surface area contributed by atoms with Gasteiger partial charge in [-0.05, 0) is 39.0 Å². The van der Waals surface area contributed by atoms with Gasteiger partial charge in [0.25, 0.3) is 0 Å². The van der Waals surface area contributed by atoms with E-state index in [0.29, 0.717) is 36.1 Å². The highest BCUT2D eigenvalue weighted by molar-refractivity contribution is 6.31. The topological polar surface area (TPSA) is 67.7 Å². The van der Waals surface area contributed by atoms with E-state index in [1.807, 2.05) is 11.1 Å². The van der Waals surface area contributed by atoms with Crippen LogP contribution in [0.4, 0.5) is 5.69 Å². The number of hydrogen-bond donors (Lipinski definition) is 0. The van der Waals surface area contributed by atoms with E-state index >= 15 is 0 Å². The maximum absolute atomic E-state index is 13.2. The molecule has 1 saturated heterocycles. The number of carbonyl (C=O) groups excluding carboxylic acids is 2. The maximum atomic E-state index is 13.2. The van der Waals surface area contributed by atoms with Gasteiger partial charge in [-0.3, -0.25) is 14.3 Å². The Labute approximate surface area is 181 Å². The molecule has 2 aliphatic rings. The molecule has 30 heavy (non-hydrogen) atoms. The summed E-state index contributed by atoms with van der Waals surface area (Å²) >= 11 is 6.13. The van der Waals surface area contributed by atoms with Crippen LogP contribution in [0.1, 0.15) is 38.4 Å². The summed E-state index contributed by atoms with van der Waals surface area (Å²) < 4.78 is 7.44. The number of benzene rings is 1. The van der Waals surface area contributed by atoms with Crippen molar-refractivity contribution < 1.29 is 14.3 Å². The molecule has 0 bridgehead atoms. The van der Waals surface area contributed by atoms with Gasteiger partial charge in [0.1, 0.15) is 5.75 Å². The van der Waals surface area contributed by atoms with E-state index in [2.05, 4.69) is 30.6 Å². The Morgan fingerprint density at radius 2 is 2.07 bits per heavy atom. The Morgan fingerprint density at radius 3 is 2.77 bits per heavy atom. The number of aromatic nitrogens is 2. The van der Waals surface area contributed by atoms with Crippen molar-refractivity contribution in [3.8, 4) is 5.75 Å². The second-order valence-electron chi connectivity index (χ2n) is 8.93. The average molecular weight is 431 g/mol. The summed E-state index contributed by atoms with van der Waals surface area (Å²) in [6.07, 6.45) is 2.83. The molecule has 160 valence electrons. The van der Waals surface area contributed by atoms with E-state index in [4.69, 9.17) is 16.3 Å². The highest BCUT2D eigenvalue weighted by Gasteiger charge is 2.39. The summed E-state index contributed by atoms with van der Waals surface area (Å²) in [6.45, 7) is 7.88. The van der Waals surface area contributed by atoms with Crippen molar-refractivity contribution >= 4 is 29.1 Å². The van der Waals surface area contributed by atoms with Gasteiger partial charge in [0.2, 0.25) is 11.8 Å². The van der Waals surface area contributed by atoms with E-state index in [9.17, 15) is 9.59 Å². The summed E-state index contributed by atoms with van der Waals surface area (Å²) in [5, 5.41) is 5.06. The minimum absolute atomic E-state index is 0.0148. The number of carbonyl (C=O) groups is 2. The van der Waals surface area contributed by atoms with Gasteiger partial charge in [0.05, 0.1) is 30.5 Å². The van der Waals surface area contributed by atoms with E-state index in [1.54, 1.807) is 30.2 Å². The lowest BCUT2D eigenvalue weighted by molar-refractivity contribution is -0.136. The molecule has 1 unspecified atom stereocenters. The first-order valence-corrected chi connectivity index (χ1v) is 10.6. The largest absolute Gasteiger partial charge is 0.495 e. The Hall–Kier alpha value is -2.54. The van der Waals surface area contributed by atoms with Crippen molar-refractivity contribution in [1.29, 1.82) is 0 Å². The summed E-state index contributed by atoms with van der Waals surface area (Å²) in [5.74, 6) is 0.117. The molecule has 2 aromatic rings. The molecule has 0 saturated carbocycles. The lowest BCUT2D eigenvalue weighted by atomic mass is 10.0. The molecular formula is C22H27ClN4O3. The van der Waals surface area contributed by atoms with Gasteiger partial charge in [-0.15, -0.1) is 0 Å². The quantitative estimate of drug-likeness (QED) is 0.749. The van der Waals surface area contributed by atoms with Crippen LogP contribution in [0.25, 0.3) is 0 Å². The first-order chi connectivity index (χ1) is 14.2. The molecule has 2 aliphatic heterocycles. The van der Waals surface area contributed by atoms with E-state index in [1.165, 1.54) is 5.69 Å². The fraction of sp³-hybridized carbons (Fsp3) is 0.500. The molecule has 0 radical (unpaired) electrons. The van der Waals surface area contributed by atoms with Crippen molar-refractivity contribution in [2.24, 2.45) is 5.92 Å². The highest BCUT2D eigenvalue weighted by atomic mass is 35.5. The van der Waals surface area contributed by atoms with Gasteiger partial charge < -0.3 is 14.5 Å². The summed E-state index contributed by atoms with van der Waals surface area (Å²) in [6, 6.07) is 5.16. The molecule has 0 N–H and O–H groups in total. The SMILES string of the molecule is COc1ccc(Cl)cc1N1CC(C(=O)N2CCc3c(cnn3C(C)(C)C)C2)CC1=O. The van der Waals surface area contributed by atoms with Crippen molar-refractivity contribution in [1.82, 2.24) is 14.7 Å². The second kappa shape index (κ2) is 7.61. The second-order valence-corrected chi connectivity index (χ2v) is 9.37. The molecule has 1 aromatic heterocycles. The number of anilines is 1. The summed E-state index contributed by atoms with van der Waals surface area (Å²) in [4.78, 5) is 29.4. The first kappa shape index (κ1) is 20.7. The molecule has 1 aromatic carbocycles. The molecular weight excluding hydrogens is 404 g/mol. The number of rotatable bonds is 3.